The minimum absolute atomic E-state index is 0.0326. The SMILES string of the molecule is C[C@@H]1CCN(C(=O)Cn2nnc(-c3ccccc3Cl)n2)c2ccccc2S1. The van der Waals surface area contributed by atoms with Crippen molar-refractivity contribution in [2.75, 3.05) is 11.4 Å². The number of hydrogen-bond acceptors (Lipinski definition) is 5. The number of benzene rings is 2. The average Bonchev–Trinajstić information content (AvgIpc) is 3.04. The zero-order valence-electron chi connectivity index (χ0n) is 14.7. The van der Waals surface area contributed by atoms with Crippen LogP contribution in [0.2, 0.25) is 5.02 Å². The lowest BCUT2D eigenvalue weighted by Crippen LogP contribution is -2.35. The van der Waals surface area contributed by atoms with E-state index in [2.05, 4.69) is 28.4 Å². The van der Waals surface area contributed by atoms with Gasteiger partial charge in [-0.15, -0.1) is 22.0 Å². The highest BCUT2D eigenvalue weighted by atomic mass is 35.5. The van der Waals surface area contributed by atoms with Crippen LogP contribution < -0.4 is 4.90 Å². The lowest BCUT2D eigenvalue weighted by atomic mass is 10.2. The third-order valence-corrected chi connectivity index (χ3v) is 5.96. The largest absolute Gasteiger partial charge is 0.310 e. The Bertz CT molecular complexity index is 976. The van der Waals surface area contributed by atoms with Gasteiger partial charge in [-0.25, -0.2) is 0 Å². The second kappa shape index (κ2) is 7.70. The molecule has 0 N–H and O–H groups in total. The number of carbonyl (C=O) groups is 1. The molecule has 138 valence electrons. The lowest BCUT2D eigenvalue weighted by molar-refractivity contribution is -0.119. The van der Waals surface area contributed by atoms with Crippen molar-refractivity contribution in [2.45, 2.75) is 30.0 Å². The Labute approximate surface area is 166 Å². The fraction of sp³-hybridized carbons (Fsp3) is 0.263. The number of amides is 1. The van der Waals surface area contributed by atoms with Gasteiger partial charge in [-0.1, -0.05) is 42.8 Å². The molecule has 1 aromatic heterocycles. The quantitative estimate of drug-likeness (QED) is 0.668. The van der Waals surface area contributed by atoms with Gasteiger partial charge in [0, 0.05) is 22.3 Å². The van der Waals surface area contributed by atoms with Gasteiger partial charge >= 0.3 is 0 Å². The highest BCUT2D eigenvalue weighted by molar-refractivity contribution is 8.00. The maximum absolute atomic E-state index is 13.0. The monoisotopic (exact) mass is 399 g/mol. The van der Waals surface area contributed by atoms with Gasteiger partial charge in [0.05, 0.1) is 10.7 Å². The fourth-order valence-corrected chi connectivity index (χ4v) is 4.35. The Morgan fingerprint density at radius 2 is 2.00 bits per heavy atom. The van der Waals surface area contributed by atoms with Gasteiger partial charge in [-0.2, -0.15) is 4.80 Å². The van der Waals surface area contributed by atoms with E-state index in [1.807, 2.05) is 41.3 Å². The molecule has 6 nitrogen and oxygen atoms in total. The molecular formula is C19H18ClN5OS. The van der Waals surface area contributed by atoms with Crippen LogP contribution in [-0.4, -0.2) is 37.9 Å². The standard InChI is InChI=1S/C19H18ClN5OS/c1-13-10-11-24(16-8-4-5-9-17(16)27-13)18(26)12-25-22-19(21-23-25)14-6-2-3-7-15(14)20/h2-9,13H,10-12H2,1H3/t13-/m1/s1. The van der Waals surface area contributed by atoms with Gasteiger partial charge < -0.3 is 4.90 Å². The molecule has 0 unspecified atom stereocenters. The first-order chi connectivity index (χ1) is 13.1. The molecule has 3 aromatic rings. The fourth-order valence-electron chi connectivity index (χ4n) is 3.01. The highest BCUT2D eigenvalue weighted by Crippen LogP contribution is 2.37. The van der Waals surface area contributed by atoms with Gasteiger partial charge in [0.1, 0.15) is 6.54 Å². The molecule has 8 heteroatoms. The van der Waals surface area contributed by atoms with Crippen molar-refractivity contribution in [3.05, 3.63) is 53.6 Å². The van der Waals surface area contributed by atoms with Crippen molar-refractivity contribution >= 4 is 35.0 Å². The maximum atomic E-state index is 13.0. The number of nitrogens with zero attached hydrogens (tertiary/aromatic N) is 5. The summed E-state index contributed by atoms with van der Waals surface area (Å²) >= 11 is 7.99. The minimum Gasteiger partial charge on any atom is -0.310 e. The lowest BCUT2D eigenvalue weighted by Gasteiger charge is -2.22. The van der Waals surface area contributed by atoms with Crippen LogP contribution in [0.1, 0.15) is 13.3 Å². The second-order valence-corrected chi connectivity index (χ2v) is 8.24. The van der Waals surface area contributed by atoms with Crippen LogP contribution in [-0.2, 0) is 11.3 Å². The molecule has 0 aliphatic carbocycles. The molecule has 1 amide bonds. The van der Waals surface area contributed by atoms with Crippen LogP contribution in [0.4, 0.5) is 5.69 Å². The smallest absolute Gasteiger partial charge is 0.250 e. The van der Waals surface area contributed by atoms with E-state index in [0.717, 1.165) is 17.0 Å². The number of fused-ring (bicyclic) bond motifs is 1. The normalized spacial score (nSPS) is 16.7. The number of anilines is 1. The van der Waals surface area contributed by atoms with Gasteiger partial charge in [-0.3, -0.25) is 4.79 Å². The number of rotatable bonds is 3. The van der Waals surface area contributed by atoms with Gasteiger partial charge in [-0.05, 0) is 35.9 Å². The number of aromatic nitrogens is 4. The molecule has 1 aliphatic rings. The zero-order chi connectivity index (χ0) is 18.8. The molecule has 4 rings (SSSR count). The summed E-state index contributed by atoms with van der Waals surface area (Å²) in [6.07, 6.45) is 0.931. The number of tetrazole rings is 1. The van der Waals surface area contributed by atoms with Crippen molar-refractivity contribution in [1.29, 1.82) is 0 Å². The molecule has 0 fully saturated rings. The zero-order valence-corrected chi connectivity index (χ0v) is 16.3. The van der Waals surface area contributed by atoms with Crippen LogP contribution >= 0.6 is 23.4 Å². The summed E-state index contributed by atoms with van der Waals surface area (Å²) in [6, 6.07) is 15.3. The first-order valence-corrected chi connectivity index (χ1v) is 9.96. The Morgan fingerprint density at radius 1 is 1.22 bits per heavy atom. The van der Waals surface area contributed by atoms with Crippen LogP contribution in [0.25, 0.3) is 11.4 Å². The molecule has 0 bridgehead atoms. The molecule has 1 aliphatic heterocycles. The molecule has 2 aromatic carbocycles. The van der Waals surface area contributed by atoms with Gasteiger partial charge in [0.25, 0.3) is 5.91 Å². The summed E-state index contributed by atoms with van der Waals surface area (Å²) in [5.41, 5.74) is 1.64. The predicted molar refractivity (Wildman–Crippen MR) is 107 cm³/mol. The van der Waals surface area contributed by atoms with E-state index in [4.69, 9.17) is 11.6 Å². The second-order valence-electron chi connectivity index (χ2n) is 6.35. The third kappa shape index (κ3) is 3.84. The number of para-hydroxylation sites is 1. The molecule has 0 saturated carbocycles. The Morgan fingerprint density at radius 3 is 2.85 bits per heavy atom. The van der Waals surface area contributed by atoms with Crippen molar-refractivity contribution in [3.8, 4) is 11.4 Å². The molecular weight excluding hydrogens is 382 g/mol. The predicted octanol–water partition coefficient (Wildman–Crippen LogP) is 3.91. The molecule has 1 atom stereocenters. The van der Waals surface area contributed by atoms with E-state index in [0.29, 0.717) is 28.2 Å². The first kappa shape index (κ1) is 18.0. The summed E-state index contributed by atoms with van der Waals surface area (Å²) in [5.74, 6) is 0.356. The summed E-state index contributed by atoms with van der Waals surface area (Å²) in [7, 11) is 0. The Hall–Kier alpha value is -2.38. The molecule has 2 heterocycles. The van der Waals surface area contributed by atoms with Gasteiger partial charge in [0.2, 0.25) is 5.82 Å². The number of halogens is 1. The summed E-state index contributed by atoms with van der Waals surface area (Å²) in [5, 5.41) is 13.4. The van der Waals surface area contributed by atoms with Crippen LogP contribution in [0, 0.1) is 0 Å². The highest BCUT2D eigenvalue weighted by Gasteiger charge is 2.25. The summed E-state index contributed by atoms with van der Waals surface area (Å²) < 4.78 is 0. The number of hydrogen-bond donors (Lipinski definition) is 0. The van der Waals surface area contributed by atoms with Gasteiger partial charge in [0.15, 0.2) is 0 Å². The Balaban J connectivity index is 1.56. The van der Waals surface area contributed by atoms with Crippen molar-refractivity contribution in [2.24, 2.45) is 0 Å². The molecule has 0 spiro atoms. The van der Waals surface area contributed by atoms with E-state index in [1.54, 1.807) is 17.8 Å². The van der Waals surface area contributed by atoms with Crippen molar-refractivity contribution < 1.29 is 4.79 Å². The summed E-state index contributed by atoms with van der Waals surface area (Å²) in [6.45, 7) is 2.89. The third-order valence-electron chi connectivity index (χ3n) is 4.39. The minimum atomic E-state index is -0.0553. The van der Waals surface area contributed by atoms with Crippen LogP contribution in [0.15, 0.2) is 53.4 Å². The molecule has 27 heavy (non-hydrogen) atoms. The van der Waals surface area contributed by atoms with E-state index < -0.39 is 0 Å². The maximum Gasteiger partial charge on any atom is 0.250 e. The molecule has 0 saturated heterocycles. The van der Waals surface area contributed by atoms with E-state index >= 15 is 0 Å². The number of carbonyl (C=O) groups excluding carboxylic acids is 1. The number of thioether (sulfide) groups is 1. The molecule has 0 radical (unpaired) electrons. The van der Waals surface area contributed by atoms with Crippen LogP contribution in [0.3, 0.4) is 0 Å². The van der Waals surface area contributed by atoms with E-state index in [-0.39, 0.29) is 12.5 Å². The van der Waals surface area contributed by atoms with E-state index in [1.165, 1.54) is 4.80 Å². The average molecular weight is 400 g/mol. The van der Waals surface area contributed by atoms with Crippen LogP contribution in [0.5, 0.6) is 0 Å². The van der Waals surface area contributed by atoms with Crippen molar-refractivity contribution in [3.63, 3.8) is 0 Å². The van der Waals surface area contributed by atoms with E-state index in [9.17, 15) is 4.79 Å². The Kier molecular flexibility index (Phi) is 5.13. The summed E-state index contributed by atoms with van der Waals surface area (Å²) in [4.78, 5) is 17.2. The topological polar surface area (TPSA) is 63.9 Å². The first-order valence-electron chi connectivity index (χ1n) is 8.70. The van der Waals surface area contributed by atoms with Crippen molar-refractivity contribution in [1.82, 2.24) is 20.2 Å².